The molecule has 0 aliphatic rings. The maximum absolute atomic E-state index is 10.7. The standard InChI is InChI=1S/C6H14N2O3/c1-3-5(4-9)7-6(10)8-11-2/h5,9H,3-4H2,1-2H3,(H2,7,8,10)/t5-/m0/s1. The molecular weight excluding hydrogens is 148 g/mol. The Kier molecular flexibility index (Phi) is 5.50. The normalized spacial score (nSPS) is 12.3. The van der Waals surface area contributed by atoms with E-state index in [4.69, 9.17) is 5.11 Å². The van der Waals surface area contributed by atoms with Crippen LogP contribution in [0.5, 0.6) is 0 Å². The van der Waals surface area contributed by atoms with Crippen LogP contribution in [0.15, 0.2) is 0 Å². The van der Waals surface area contributed by atoms with Gasteiger partial charge in [-0.15, -0.1) is 0 Å². The first-order valence-corrected chi connectivity index (χ1v) is 3.45. The number of hydroxylamine groups is 1. The molecule has 0 spiro atoms. The third-order valence-corrected chi connectivity index (χ3v) is 1.24. The van der Waals surface area contributed by atoms with Gasteiger partial charge in [-0.3, -0.25) is 4.84 Å². The number of amides is 2. The number of aliphatic hydroxyl groups is 1. The van der Waals surface area contributed by atoms with E-state index in [1.165, 1.54) is 7.11 Å². The fourth-order valence-corrected chi connectivity index (χ4v) is 0.584. The molecule has 2 amide bonds. The molecule has 0 heterocycles. The highest BCUT2D eigenvalue weighted by molar-refractivity contribution is 5.72. The summed E-state index contributed by atoms with van der Waals surface area (Å²) in [4.78, 5) is 15.1. The van der Waals surface area contributed by atoms with Crippen molar-refractivity contribution in [2.45, 2.75) is 19.4 Å². The van der Waals surface area contributed by atoms with E-state index >= 15 is 0 Å². The number of aliphatic hydroxyl groups excluding tert-OH is 1. The summed E-state index contributed by atoms with van der Waals surface area (Å²) >= 11 is 0. The maximum atomic E-state index is 10.7. The molecule has 0 aliphatic carbocycles. The molecule has 0 saturated heterocycles. The zero-order valence-electron chi connectivity index (χ0n) is 6.76. The second-order valence-electron chi connectivity index (χ2n) is 2.07. The predicted octanol–water partition coefficient (Wildman–Crippen LogP) is -0.382. The van der Waals surface area contributed by atoms with Crippen molar-refractivity contribution in [3.8, 4) is 0 Å². The van der Waals surface area contributed by atoms with Crippen LogP contribution in [-0.4, -0.2) is 30.9 Å². The lowest BCUT2D eigenvalue weighted by Gasteiger charge is -2.13. The van der Waals surface area contributed by atoms with Crippen molar-refractivity contribution in [2.24, 2.45) is 0 Å². The highest BCUT2D eigenvalue weighted by Gasteiger charge is 2.07. The van der Waals surface area contributed by atoms with Crippen LogP contribution in [0, 0.1) is 0 Å². The topological polar surface area (TPSA) is 70.6 Å². The zero-order valence-corrected chi connectivity index (χ0v) is 6.76. The number of hydrogen-bond donors (Lipinski definition) is 3. The summed E-state index contributed by atoms with van der Waals surface area (Å²) in [6, 6.07) is -0.640. The molecule has 1 atom stereocenters. The second-order valence-corrected chi connectivity index (χ2v) is 2.07. The molecule has 5 nitrogen and oxygen atoms in total. The summed E-state index contributed by atoms with van der Waals surface area (Å²) in [7, 11) is 1.35. The third kappa shape index (κ3) is 4.58. The van der Waals surface area contributed by atoms with Gasteiger partial charge in [-0.1, -0.05) is 6.92 Å². The Hall–Kier alpha value is -0.810. The Labute approximate surface area is 65.7 Å². The van der Waals surface area contributed by atoms with Crippen molar-refractivity contribution in [1.29, 1.82) is 0 Å². The minimum atomic E-state index is -0.437. The van der Waals surface area contributed by atoms with Crippen LogP contribution in [0.25, 0.3) is 0 Å². The summed E-state index contributed by atoms with van der Waals surface area (Å²) in [5, 5.41) is 11.2. The Morgan fingerprint density at radius 2 is 2.36 bits per heavy atom. The highest BCUT2D eigenvalue weighted by Crippen LogP contribution is 1.87. The summed E-state index contributed by atoms with van der Waals surface area (Å²) in [5.41, 5.74) is 2.08. The van der Waals surface area contributed by atoms with Gasteiger partial charge in [-0.05, 0) is 6.42 Å². The number of hydrogen-bond acceptors (Lipinski definition) is 3. The summed E-state index contributed by atoms with van der Waals surface area (Å²) < 4.78 is 0. The quantitative estimate of drug-likeness (QED) is 0.493. The summed E-state index contributed by atoms with van der Waals surface area (Å²) in [5.74, 6) is 0. The molecule has 0 aliphatic heterocycles. The van der Waals surface area contributed by atoms with Crippen molar-refractivity contribution in [3.63, 3.8) is 0 Å². The Morgan fingerprint density at radius 1 is 1.73 bits per heavy atom. The average molecular weight is 162 g/mol. The van der Waals surface area contributed by atoms with Gasteiger partial charge in [0.05, 0.1) is 19.8 Å². The molecule has 0 aromatic rings. The van der Waals surface area contributed by atoms with Crippen LogP contribution in [0.1, 0.15) is 13.3 Å². The number of nitrogens with one attached hydrogen (secondary N) is 2. The first kappa shape index (κ1) is 10.2. The van der Waals surface area contributed by atoms with Gasteiger partial charge in [-0.2, -0.15) is 0 Å². The molecule has 0 bridgehead atoms. The van der Waals surface area contributed by atoms with E-state index in [0.29, 0.717) is 6.42 Å². The van der Waals surface area contributed by atoms with Crippen LogP contribution >= 0.6 is 0 Å². The van der Waals surface area contributed by atoms with Crippen LogP contribution in [0.4, 0.5) is 4.79 Å². The fourth-order valence-electron chi connectivity index (χ4n) is 0.584. The number of urea groups is 1. The molecule has 0 aromatic heterocycles. The van der Waals surface area contributed by atoms with Crippen molar-refractivity contribution in [3.05, 3.63) is 0 Å². The molecule has 0 aromatic carbocycles. The highest BCUT2D eigenvalue weighted by atomic mass is 16.6. The molecular formula is C6H14N2O3. The van der Waals surface area contributed by atoms with E-state index in [1.54, 1.807) is 0 Å². The van der Waals surface area contributed by atoms with Gasteiger partial charge in [-0.25, -0.2) is 10.3 Å². The lowest BCUT2D eigenvalue weighted by molar-refractivity contribution is 0.103. The Balaban J connectivity index is 3.54. The minimum Gasteiger partial charge on any atom is -0.394 e. The van der Waals surface area contributed by atoms with Gasteiger partial charge in [0.25, 0.3) is 0 Å². The van der Waals surface area contributed by atoms with E-state index < -0.39 is 6.03 Å². The van der Waals surface area contributed by atoms with E-state index in [1.807, 2.05) is 6.92 Å². The van der Waals surface area contributed by atoms with Crippen LogP contribution in [0.3, 0.4) is 0 Å². The van der Waals surface area contributed by atoms with Crippen molar-refractivity contribution in [1.82, 2.24) is 10.8 Å². The van der Waals surface area contributed by atoms with Crippen LogP contribution in [-0.2, 0) is 4.84 Å². The molecule has 0 unspecified atom stereocenters. The van der Waals surface area contributed by atoms with Crippen LogP contribution < -0.4 is 10.8 Å². The lowest BCUT2D eigenvalue weighted by Crippen LogP contribution is -2.43. The van der Waals surface area contributed by atoms with Crippen molar-refractivity contribution in [2.75, 3.05) is 13.7 Å². The third-order valence-electron chi connectivity index (χ3n) is 1.24. The van der Waals surface area contributed by atoms with E-state index in [-0.39, 0.29) is 12.6 Å². The molecule has 66 valence electrons. The molecule has 0 rings (SSSR count). The molecule has 5 heteroatoms. The molecule has 0 fully saturated rings. The molecule has 0 saturated carbocycles. The largest absolute Gasteiger partial charge is 0.394 e. The van der Waals surface area contributed by atoms with E-state index in [2.05, 4.69) is 15.6 Å². The van der Waals surface area contributed by atoms with Crippen molar-refractivity contribution < 1.29 is 14.7 Å². The van der Waals surface area contributed by atoms with Crippen molar-refractivity contribution >= 4 is 6.03 Å². The lowest BCUT2D eigenvalue weighted by atomic mass is 10.2. The number of carbonyl (C=O) groups excluding carboxylic acids is 1. The Morgan fingerprint density at radius 3 is 2.73 bits per heavy atom. The smallest absolute Gasteiger partial charge is 0.338 e. The first-order valence-electron chi connectivity index (χ1n) is 3.45. The van der Waals surface area contributed by atoms with E-state index in [0.717, 1.165) is 0 Å². The second kappa shape index (κ2) is 5.94. The summed E-state index contributed by atoms with van der Waals surface area (Å²) in [6.07, 6.45) is 0.688. The van der Waals surface area contributed by atoms with Crippen LogP contribution in [0.2, 0.25) is 0 Å². The molecule has 3 N–H and O–H groups in total. The molecule has 0 radical (unpaired) electrons. The SMILES string of the molecule is CC[C@@H](CO)NC(=O)NOC. The zero-order chi connectivity index (χ0) is 8.69. The monoisotopic (exact) mass is 162 g/mol. The number of rotatable bonds is 4. The van der Waals surface area contributed by atoms with Gasteiger partial charge < -0.3 is 10.4 Å². The van der Waals surface area contributed by atoms with Gasteiger partial charge in [0, 0.05) is 0 Å². The molecule has 11 heavy (non-hydrogen) atoms. The van der Waals surface area contributed by atoms with Gasteiger partial charge in [0.1, 0.15) is 0 Å². The first-order chi connectivity index (χ1) is 5.24. The van der Waals surface area contributed by atoms with E-state index in [9.17, 15) is 4.79 Å². The van der Waals surface area contributed by atoms with Gasteiger partial charge in [0.2, 0.25) is 0 Å². The fraction of sp³-hybridized carbons (Fsp3) is 0.833. The van der Waals surface area contributed by atoms with Gasteiger partial charge >= 0.3 is 6.03 Å². The minimum absolute atomic E-state index is 0.0619. The summed E-state index contributed by atoms with van der Waals surface area (Å²) in [6.45, 7) is 1.81. The predicted molar refractivity (Wildman–Crippen MR) is 39.8 cm³/mol. The number of carbonyl (C=O) groups is 1. The van der Waals surface area contributed by atoms with Gasteiger partial charge in [0.15, 0.2) is 0 Å². The average Bonchev–Trinajstić information content (AvgIpc) is 2.01. The Bertz CT molecular complexity index is 114. The maximum Gasteiger partial charge on any atom is 0.338 e.